The normalized spacial score (nSPS) is 19.0. The van der Waals surface area contributed by atoms with Crippen molar-refractivity contribution in [2.75, 3.05) is 39.1 Å². The summed E-state index contributed by atoms with van der Waals surface area (Å²) in [5, 5.41) is 6.09. The van der Waals surface area contributed by atoms with E-state index in [1.807, 2.05) is 6.92 Å². The van der Waals surface area contributed by atoms with E-state index in [0.29, 0.717) is 6.54 Å². The van der Waals surface area contributed by atoms with Crippen molar-refractivity contribution in [3.8, 4) is 0 Å². The number of nitrogens with zero attached hydrogens (tertiary/aromatic N) is 1. The Kier molecular flexibility index (Phi) is 7.59. The van der Waals surface area contributed by atoms with Gasteiger partial charge in [0.1, 0.15) is 0 Å². The molecule has 140 valence electrons. The quantitative estimate of drug-likeness (QED) is 0.728. The van der Waals surface area contributed by atoms with E-state index in [2.05, 4.69) is 59.9 Å². The van der Waals surface area contributed by atoms with Gasteiger partial charge in [-0.25, -0.2) is 4.79 Å². The van der Waals surface area contributed by atoms with Gasteiger partial charge >= 0.3 is 6.03 Å². The second-order valence-electron chi connectivity index (χ2n) is 6.77. The summed E-state index contributed by atoms with van der Waals surface area (Å²) >= 11 is 1.72. The number of hydrogen-bond acceptors (Lipinski definition) is 4. The van der Waals surface area contributed by atoms with Crippen molar-refractivity contribution < 1.29 is 9.53 Å². The molecule has 1 aliphatic heterocycles. The van der Waals surface area contributed by atoms with Gasteiger partial charge in [0.15, 0.2) is 0 Å². The Labute approximate surface area is 155 Å². The number of carbonyl (C=O) groups excluding carboxylic acids is 1. The van der Waals surface area contributed by atoms with Crippen LogP contribution in [0.4, 0.5) is 4.79 Å². The molecule has 2 atom stereocenters. The lowest BCUT2D eigenvalue weighted by molar-refractivity contribution is -0.0165. The summed E-state index contributed by atoms with van der Waals surface area (Å²) in [6.45, 7) is 10.4. The Hall–Kier alpha value is -1.24. The van der Waals surface area contributed by atoms with Crippen LogP contribution >= 0.6 is 11.8 Å². The Morgan fingerprint density at radius 1 is 1.32 bits per heavy atom. The first-order valence-corrected chi connectivity index (χ1v) is 10.2. The van der Waals surface area contributed by atoms with Crippen LogP contribution < -0.4 is 10.6 Å². The second-order valence-corrected chi connectivity index (χ2v) is 7.65. The van der Waals surface area contributed by atoms with Gasteiger partial charge in [-0.3, -0.25) is 4.90 Å². The summed E-state index contributed by atoms with van der Waals surface area (Å²) in [6.07, 6.45) is 3.04. The van der Waals surface area contributed by atoms with E-state index < -0.39 is 0 Å². The lowest BCUT2D eigenvalue weighted by atomic mass is 9.95. The van der Waals surface area contributed by atoms with Gasteiger partial charge in [-0.1, -0.05) is 19.1 Å². The number of hydrogen-bond donors (Lipinski definition) is 2. The molecule has 5 nitrogen and oxygen atoms in total. The van der Waals surface area contributed by atoms with Crippen molar-refractivity contribution >= 4 is 17.8 Å². The van der Waals surface area contributed by atoms with Gasteiger partial charge in [0.05, 0.1) is 19.3 Å². The molecule has 6 heteroatoms. The molecule has 0 bridgehead atoms. The summed E-state index contributed by atoms with van der Waals surface area (Å²) in [6, 6.07) is 8.17. The van der Waals surface area contributed by atoms with Gasteiger partial charge in [-0.05, 0) is 44.2 Å². The highest BCUT2D eigenvalue weighted by atomic mass is 32.2. The Bertz CT molecular complexity index is 546. The number of rotatable bonds is 7. The van der Waals surface area contributed by atoms with Crippen molar-refractivity contribution in [2.45, 2.75) is 43.7 Å². The van der Waals surface area contributed by atoms with E-state index in [9.17, 15) is 4.79 Å². The number of ether oxygens (including phenoxy) is 1. The maximum Gasteiger partial charge on any atom is 0.315 e. The highest BCUT2D eigenvalue weighted by Gasteiger charge is 2.31. The van der Waals surface area contributed by atoms with E-state index in [4.69, 9.17) is 4.74 Å². The predicted molar refractivity (Wildman–Crippen MR) is 104 cm³/mol. The summed E-state index contributed by atoms with van der Waals surface area (Å²) in [5.41, 5.74) is 1.07. The fourth-order valence-corrected chi connectivity index (χ4v) is 3.47. The van der Waals surface area contributed by atoms with Crippen LogP contribution in [0.5, 0.6) is 0 Å². The number of carbonyl (C=O) groups is 1. The first kappa shape index (κ1) is 20.1. The molecule has 1 aliphatic rings. The number of benzene rings is 1. The minimum atomic E-state index is -0.116. The van der Waals surface area contributed by atoms with Crippen molar-refractivity contribution in [2.24, 2.45) is 0 Å². The predicted octanol–water partition coefficient (Wildman–Crippen LogP) is 3.27. The van der Waals surface area contributed by atoms with Crippen molar-refractivity contribution in [3.05, 3.63) is 29.8 Å². The number of morpholine rings is 1. The molecule has 0 aromatic heterocycles. The highest BCUT2D eigenvalue weighted by molar-refractivity contribution is 7.98. The highest BCUT2D eigenvalue weighted by Crippen LogP contribution is 2.21. The zero-order chi connectivity index (χ0) is 18.3. The first-order valence-electron chi connectivity index (χ1n) is 8.99. The smallest absolute Gasteiger partial charge is 0.315 e. The first-order chi connectivity index (χ1) is 12.0. The van der Waals surface area contributed by atoms with Crippen LogP contribution in [0.3, 0.4) is 0 Å². The van der Waals surface area contributed by atoms with Crippen LogP contribution in [0, 0.1) is 0 Å². The van der Waals surface area contributed by atoms with Crippen molar-refractivity contribution in [1.29, 1.82) is 0 Å². The van der Waals surface area contributed by atoms with Crippen LogP contribution in [-0.4, -0.2) is 55.6 Å². The zero-order valence-electron chi connectivity index (χ0n) is 15.8. The van der Waals surface area contributed by atoms with E-state index in [1.165, 1.54) is 4.90 Å². The molecule has 0 aliphatic carbocycles. The summed E-state index contributed by atoms with van der Waals surface area (Å²) in [4.78, 5) is 16.0. The second kappa shape index (κ2) is 9.46. The van der Waals surface area contributed by atoms with Crippen molar-refractivity contribution in [1.82, 2.24) is 15.5 Å². The third-order valence-electron chi connectivity index (χ3n) is 5.13. The standard InChI is InChI=1S/C19H31N3O2S/c1-5-19(3,22-10-12-24-13-11-22)14-20-18(23)21-15(2)16-6-8-17(25-4)9-7-16/h6-9,15H,5,10-14H2,1-4H3,(H2,20,21,23)/t15-,19+/m1/s1. The van der Waals surface area contributed by atoms with Gasteiger partial charge < -0.3 is 15.4 Å². The molecule has 2 rings (SSSR count). The third kappa shape index (κ3) is 5.62. The summed E-state index contributed by atoms with van der Waals surface area (Å²) < 4.78 is 5.44. The molecule has 0 unspecified atom stereocenters. The Morgan fingerprint density at radius 3 is 2.52 bits per heavy atom. The molecule has 1 aromatic rings. The Balaban J connectivity index is 1.85. The molecule has 0 spiro atoms. The van der Waals surface area contributed by atoms with Gasteiger partial charge in [-0.2, -0.15) is 0 Å². The maximum atomic E-state index is 12.3. The third-order valence-corrected chi connectivity index (χ3v) is 5.87. The molecule has 25 heavy (non-hydrogen) atoms. The molecule has 2 amide bonds. The summed E-state index contributed by atoms with van der Waals surface area (Å²) in [5.74, 6) is 0. The maximum absolute atomic E-state index is 12.3. The van der Waals surface area contributed by atoms with E-state index in [-0.39, 0.29) is 17.6 Å². The molecule has 1 heterocycles. The minimum Gasteiger partial charge on any atom is -0.379 e. The molecule has 1 saturated heterocycles. The number of thioether (sulfide) groups is 1. The lowest BCUT2D eigenvalue weighted by Gasteiger charge is -2.43. The van der Waals surface area contributed by atoms with E-state index >= 15 is 0 Å². The average Bonchev–Trinajstić information content (AvgIpc) is 2.66. The molecule has 0 radical (unpaired) electrons. The van der Waals surface area contributed by atoms with E-state index in [1.54, 1.807) is 11.8 Å². The minimum absolute atomic E-state index is 0.0211. The van der Waals surface area contributed by atoms with Crippen LogP contribution in [0.1, 0.15) is 38.8 Å². The van der Waals surface area contributed by atoms with Crippen LogP contribution in [0.25, 0.3) is 0 Å². The molecule has 1 aromatic carbocycles. The van der Waals surface area contributed by atoms with Crippen molar-refractivity contribution in [3.63, 3.8) is 0 Å². The number of urea groups is 1. The molecule has 0 saturated carbocycles. The van der Waals surface area contributed by atoms with Gasteiger partial charge in [0, 0.05) is 30.1 Å². The fraction of sp³-hybridized carbons (Fsp3) is 0.632. The van der Waals surface area contributed by atoms with Crippen LogP contribution in [-0.2, 0) is 4.74 Å². The fourth-order valence-electron chi connectivity index (χ4n) is 3.06. The number of nitrogens with one attached hydrogen (secondary N) is 2. The molecular weight excluding hydrogens is 334 g/mol. The zero-order valence-corrected chi connectivity index (χ0v) is 16.6. The molecule has 1 fully saturated rings. The van der Waals surface area contributed by atoms with Gasteiger partial charge in [0.25, 0.3) is 0 Å². The molecular formula is C19H31N3O2S. The largest absolute Gasteiger partial charge is 0.379 e. The SMILES string of the molecule is CC[C@@](C)(CNC(=O)N[C@H](C)c1ccc(SC)cc1)N1CCOCC1. The topological polar surface area (TPSA) is 53.6 Å². The summed E-state index contributed by atoms with van der Waals surface area (Å²) in [7, 11) is 0. The average molecular weight is 366 g/mol. The van der Waals surface area contributed by atoms with Crippen LogP contribution in [0.15, 0.2) is 29.2 Å². The monoisotopic (exact) mass is 365 g/mol. The van der Waals surface area contributed by atoms with Crippen LogP contribution in [0.2, 0.25) is 0 Å². The van der Waals surface area contributed by atoms with Gasteiger partial charge in [0.2, 0.25) is 0 Å². The lowest BCUT2D eigenvalue weighted by Crippen LogP contribution is -2.57. The van der Waals surface area contributed by atoms with E-state index in [0.717, 1.165) is 38.3 Å². The number of amides is 2. The Morgan fingerprint density at radius 2 is 1.96 bits per heavy atom. The van der Waals surface area contributed by atoms with Gasteiger partial charge in [-0.15, -0.1) is 11.8 Å². The molecule has 2 N–H and O–H groups in total.